The first kappa shape index (κ1) is 47.3. The molecule has 4 rings (SSSR count). The van der Waals surface area contributed by atoms with Gasteiger partial charge in [-0.15, -0.1) is 6.58 Å². The minimum absolute atomic E-state index is 0.0195. The Morgan fingerprint density at radius 2 is 1.65 bits per heavy atom. The predicted molar refractivity (Wildman–Crippen MR) is 219 cm³/mol. The topological polar surface area (TPSA) is 158 Å². The molecule has 2 N–H and O–H groups in total. The van der Waals surface area contributed by atoms with E-state index in [1.165, 1.54) is 19.1 Å². The Hall–Kier alpha value is -2.39. The third kappa shape index (κ3) is 11.5. The number of ketones is 2. The fourth-order valence-corrected chi connectivity index (χ4v) is 9.82. The zero-order chi connectivity index (χ0) is 42.2. The summed E-state index contributed by atoms with van der Waals surface area (Å²) in [7, 11) is 4.74. The number of aliphatic hydroxyl groups is 2. The molecule has 57 heavy (non-hydrogen) atoms. The lowest BCUT2D eigenvalue weighted by molar-refractivity contribution is -0.302. The molecule has 3 aliphatic heterocycles. The van der Waals surface area contributed by atoms with E-state index in [0.29, 0.717) is 37.7 Å². The van der Waals surface area contributed by atoms with Gasteiger partial charge in [-0.25, -0.2) is 4.79 Å². The zero-order valence-electron chi connectivity index (χ0n) is 35.4. The first-order valence-electron chi connectivity index (χ1n) is 20.9. The summed E-state index contributed by atoms with van der Waals surface area (Å²) < 4.78 is 30.0. The molecule has 0 spiro atoms. The number of ether oxygens (including phenoxy) is 5. The maximum Gasteiger partial charge on any atom is 0.329 e. The maximum atomic E-state index is 14.3. The van der Waals surface area contributed by atoms with Gasteiger partial charge >= 0.3 is 5.97 Å². The lowest BCUT2D eigenvalue weighted by atomic mass is 9.82. The second-order valence-corrected chi connectivity index (χ2v) is 17.9. The van der Waals surface area contributed by atoms with Gasteiger partial charge in [0.15, 0.2) is 0 Å². The SMILES string of the molecule is C=CC[C@@H]1/C=C(\C)C[C@H](C)C[C@H](OC)[C@H]2O[C@@](O)(C(=O)C(=O)N3CCCC[C@H]3C(=O)OC(/C(C)=C/[C@@H]3CC[C@@H](S)[C@H](OC)C3)[C@H](C)[C@@H](O)CC1=O)[C@H](C)C[C@@H]2OC. The third-order valence-electron chi connectivity index (χ3n) is 12.9. The highest BCUT2D eigenvalue weighted by molar-refractivity contribution is 7.81. The first-order valence-corrected chi connectivity index (χ1v) is 21.4. The van der Waals surface area contributed by atoms with E-state index in [2.05, 4.69) is 12.7 Å². The molecule has 12 nitrogen and oxygen atoms in total. The van der Waals surface area contributed by atoms with Crippen LogP contribution < -0.4 is 0 Å². The molecule has 13 heteroatoms. The molecule has 1 saturated carbocycles. The van der Waals surface area contributed by atoms with Crippen LogP contribution in [0.15, 0.2) is 36.0 Å². The van der Waals surface area contributed by atoms with Crippen LogP contribution in [0.25, 0.3) is 0 Å². The van der Waals surface area contributed by atoms with Crippen LogP contribution in [0.4, 0.5) is 0 Å². The summed E-state index contributed by atoms with van der Waals surface area (Å²) in [6.45, 7) is 13.3. The van der Waals surface area contributed by atoms with Crippen LogP contribution in [0.2, 0.25) is 0 Å². The minimum Gasteiger partial charge on any atom is -0.456 e. The molecule has 322 valence electrons. The number of nitrogens with zero attached hydrogens (tertiary/aromatic N) is 1. The van der Waals surface area contributed by atoms with Gasteiger partial charge in [0.25, 0.3) is 11.7 Å². The molecule has 2 bridgehead atoms. The van der Waals surface area contributed by atoms with Gasteiger partial charge in [0.1, 0.15) is 24.0 Å². The fourth-order valence-electron chi connectivity index (χ4n) is 9.42. The van der Waals surface area contributed by atoms with Gasteiger partial charge in [-0.3, -0.25) is 14.4 Å². The molecular weight excluding hydrogens is 751 g/mol. The molecule has 3 fully saturated rings. The molecule has 1 amide bonds. The van der Waals surface area contributed by atoms with Crippen LogP contribution in [0.5, 0.6) is 0 Å². The molecule has 1 unspecified atom stereocenters. The van der Waals surface area contributed by atoms with Crippen LogP contribution in [0.1, 0.15) is 105 Å². The van der Waals surface area contributed by atoms with Crippen LogP contribution in [-0.2, 0) is 42.9 Å². The Labute approximate surface area is 345 Å². The van der Waals surface area contributed by atoms with Crippen LogP contribution in [0, 0.1) is 29.6 Å². The van der Waals surface area contributed by atoms with Crippen LogP contribution in [-0.4, -0.2) is 120 Å². The summed E-state index contributed by atoms with van der Waals surface area (Å²) in [6, 6.07) is -1.12. The van der Waals surface area contributed by atoms with E-state index >= 15 is 0 Å². The van der Waals surface area contributed by atoms with Crippen molar-refractivity contribution in [3.8, 4) is 0 Å². The van der Waals surface area contributed by atoms with Gasteiger partial charge < -0.3 is 38.8 Å². The molecule has 3 heterocycles. The number of allylic oxidation sites excluding steroid dienone is 4. The highest BCUT2D eigenvalue weighted by atomic mass is 32.1. The van der Waals surface area contributed by atoms with Crippen molar-refractivity contribution in [1.82, 2.24) is 4.90 Å². The zero-order valence-corrected chi connectivity index (χ0v) is 36.3. The average molecular weight is 820 g/mol. The number of piperidine rings is 1. The van der Waals surface area contributed by atoms with Gasteiger partial charge in [-0.2, -0.15) is 12.6 Å². The Morgan fingerprint density at radius 3 is 2.30 bits per heavy atom. The summed E-state index contributed by atoms with van der Waals surface area (Å²) >= 11 is 4.70. The maximum absolute atomic E-state index is 14.3. The van der Waals surface area contributed by atoms with Crippen LogP contribution in [0.3, 0.4) is 0 Å². The van der Waals surface area contributed by atoms with Crippen molar-refractivity contribution in [3.63, 3.8) is 0 Å². The Kier molecular flexibility index (Phi) is 17.6. The number of fused-ring (bicyclic) bond motifs is 3. The van der Waals surface area contributed by atoms with Gasteiger partial charge in [0.2, 0.25) is 5.79 Å². The van der Waals surface area contributed by atoms with Crippen molar-refractivity contribution in [2.24, 2.45) is 29.6 Å². The van der Waals surface area contributed by atoms with Crippen molar-refractivity contribution in [1.29, 1.82) is 0 Å². The number of carbonyl (C=O) groups excluding carboxylic acids is 4. The number of rotatable bonds is 7. The van der Waals surface area contributed by atoms with E-state index in [1.807, 2.05) is 26.8 Å². The summed E-state index contributed by atoms with van der Waals surface area (Å²) in [4.78, 5) is 57.9. The first-order chi connectivity index (χ1) is 27.0. The monoisotopic (exact) mass is 819 g/mol. The molecular formula is C44H69NO11S. The van der Waals surface area contributed by atoms with Crippen molar-refractivity contribution in [2.45, 2.75) is 159 Å². The van der Waals surface area contributed by atoms with Crippen molar-refractivity contribution in [3.05, 3.63) is 36.0 Å². The quantitative estimate of drug-likeness (QED) is 0.128. The van der Waals surface area contributed by atoms with Crippen molar-refractivity contribution >= 4 is 36.1 Å². The van der Waals surface area contributed by atoms with E-state index in [-0.39, 0.29) is 54.8 Å². The number of cyclic esters (lactones) is 1. The Bertz CT molecular complexity index is 1480. The highest BCUT2D eigenvalue weighted by Gasteiger charge is 2.56. The smallest absolute Gasteiger partial charge is 0.329 e. The number of hydrogen-bond acceptors (Lipinski definition) is 12. The highest BCUT2D eigenvalue weighted by Crippen LogP contribution is 2.39. The average Bonchev–Trinajstić information content (AvgIpc) is 3.18. The standard InChI is InChI=1S/C44H69NO11S/c1-10-13-31-19-25(2)18-26(3)20-36(53-8)40-37(54-9)22-28(5)44(51,56-40)41(48)42(49)45-17-12-11-14-32(45)43(50)55-39(29(6)33(46)24-34(31)47)27(4)21-30-15-16-38(57)35(23-30)52-7/h10,19,21,26,28-33,35-40,46,51,57H,1,11-18,20,22-24H2,2-9H3/b25-19+,27-21+/t26-,28+,29+,30-,31+,32-,33-,35+,36-,37-,38+,39?,40+,44+/m0/s1. The molecule has 4 aliphatic rings. The summed E-state index contributed by atoms with van der Waals surface area (Å²) in [5.41, 5.74) is 1.68. The Balaban J connectivity index is 1.78. The number of amides is 1. The second-order valence-electron chi connectivity index (χ2n) is 17.3. The number of esters is 1. The number of Topliss-reactive ketones (excluding diaryl/α,β-unsaturated/α-hetero) is 2. The minimum atomic E-state index is -2.50. The normalized spacial score (nSPS) is 41.0. The number of carbonyl (C=O) groups is 4. The molecule has 14 atom stereocenters. The number of aliphatic hydroxyl groups excluding tert-OH is 1. The molecule has 1 aliphatic carbocycles. The lowest BCUT2D eigenvalue weighted by Gasteiger charge is -2.47. The molecule has 0 radical (unpaired) electrons. The molecule has 0 aromatic rings. The van der Waals surface area contributed by atoms with Gasteiger partial charge in [0, 0.05) is 57.3 Å². The van der Waals surface area contributed by atoms with Crippen molar-refractivity contribution in [2.75, 3.05) is 27.9 Å². The van der Waals surface area contributed by atoms with Crippen LogP contribution >= 0.6 is 12.6 Å². The second kappa shape index (κ2) is 21.2. The van der Waals surface area contributed by atoms with E-state index < -0.39 is 77.8 Å². The third-order valence-corrected chi connectivity index (χ3v) is 13.5. The van der Waals surface area contributed by atoms with E-state index in [1.54, 1.807) is 27.0 Å². The Morgan fingerprint density at radius 1 is 0.982 bits per heavy atom. The van der Waals surface area contributed by atoms with E-state index in [0.717, 1.165) is 24.8 Å². The number of hydrogen-bond donors (Lipinski definition) is 3. The number of methoxy groups -OCH3 is 3. The van der Waals surface area contributed by atoms with E-state index in [4.69, 9.17) is 36.3 Å². The molecule has 2 saturated heterocycles. The fraction of sp³-hybridized carbons (Fsp3) is 0.773. The summed E-state index contributed by atoms with van der Waals surface area (Å²) in [5, 5.41) is 23.9. The van der Waals surface area contributed by atoms with Gasteiger partial charge in [-0.05, 0) is 95.5 Å². The van der Waals surface area contributed by atoms with E-state index in [9.17, 15) is 29.4 Å². The molecule has 0 aromatic carbocycles. The summed E-state index contributed by atoms with van der Waals surface area (Å²) in [5.74, 6) is -7.49. The lowest BCUT2D eigenvalue weighted by Crippen LogP contribution is -2.64. The largest absolute Gasteiger partial charge is 0.456 e. The van der Waals surface area contributed by atoms with Gasteiger partial charge in [0.05, 0.1) is 24.4 Å². The molecule has 0 aromatic heterocycles. The number of thiol groups is 1. The summed E-state index contributed by atoms with van der Waals surface area (Å²) in [6.07, 6.45) is 6.80. The predicted octanol–water partition coefficient (Wildman–Crippen LogP) is 5.58. The van der Waals surface area contributed by atoms with Crippen molar-refractivity contribution < 1.29 is 53.1 Å². The van der Waals surface area contributed by atoms with Gasteiger partial charge in [-0.1, -0.05) is 44.6 Å².